The normalized spacial score (nSPS) is 19.9. The number of halogens is 1. The Kier molecular flexibility index (Phi) is 4.21. The highest BCUT2D eigenvalue weighted by molar-refractivity contribution is 7.16. The SMILES string of the molecule is O=C(CC1CCNC1)NCc1ccc(Cl)s1. The van der Waals surface area contributed by atoms with Gasteiger partial charge < -0.3 is 10.6 Å². The maximum absolute atomic E-state index is 11.6. The summed E-state index contributed by atoms with van der Waals surface area (Å²) in [5, 5.41) is 6.18. The number of rotatable bonds is 4. The zero-order valence-electron chi connectivity index (χ0n) is 8.96. The molecule has 1 aliphatic rings. The maximum atomic E-state index is 11.6. The maximum Gasteiger partial charge on any atom is 0.220 e. The molecule has 2 rings (SSSR count). The van der Waals surface area contributed by atoms with Crippen LogP contribution in [-0.4, -0.2) is 19.0 Å². The van der Waals surface area contributed by atoms with Gasteiger partial charge in [0, 0.05) is 11.3 Å². The van der Waals surface area contributed by atoms with Gasteiger partial charge in [-0.25, -0.2) is 0 Å². The van der Waals surface area contributed by atoms with Crippen LogP contribution < -0.4 is 10.6 Å². The molecule has 1 fully saturated rings. The molecule has 1 saturated heterocycles. The molecule has 2 N–H and O–H groups in total. The molecule has 2 heterocycles. The second-order valence-corrected chi connectivity index (χ2v) is 5.85. The molecule has 0 radical (unpaired) electrons. The molecule has 0 spiro atoms. The minimum absolute atomic E-state index is 0.137. The van der Waals surface area contributed by atoms with Crippen molar-refractivity contribution < 1.29 is 4.79 Å². The van der Waals surface area contributed by atoms with Gasteiger partial charge in [-0.3, -0.25) is 4.79 Å². The second kappa shape index (κ2) is 5.66. The monoisotopic (exact) mass is 258 g/mol. The molecule has 1 atom stereocenters. The van der Waals surface area contributed by atoms with Gasteiger partial charge in [-0.1, -0.05) is 11.6 Å². The van der Waals surface area contributed by atoms with E-state index in [2.05, 4.69) is 10.6 Å². The third kappa shape index (κ3) is 3.47. The molecule has 1 aromatic heterocycles. The average Bonchev–Trinajstić information content (AvgIpc) is 2.87. The Bertz CT molecular complexity index is 361. The lowest BCUT2D eigenvalue weighted by Crippen LogP contribution is -2.25. The Morgan fingerprint density at radius 1 is 1.62 bits per heavy atom. The van der Waals surface area contributed by atoms with Crippen LogP contribution in [0.2, 0.25) is 4.34 Å². The van der Waals surface area contributed by atoms with Crippen LogP contribution in [0.4, 0.5) is 0 Å². The first-order valence-electron chi connectivity index (χ1n) is 5.45. The third-order valence-corrected chi connectivity index (χ3v) is 3.96. The van der Waals surface area contributed by atoms with E-state index in [1.54, 1.807) is 0 Å². The van der Waals surface area contributed by atoms with E-state index < -0.39 is 0 Å². The summed E-state index contributed by atoms with van der Waals surface area (Å²) in [6.45, 7) is 2.60. The van der Waals surface area contributed by atoms with Crippen molar-refractivity contribution in [1.29, 1.82) is 0 Å². The number of nitrogens with one attached hydrogen (secondary N) is 2. The molecule has 1 aliphatic heterocycles. The lowest BCUT2D eigenvalue weighted by atomic mass is 10.0. The highest BCUT2D eigenvalue weighted by Crippen LogP contribution is 2.21. The largest absolute Gasteiger partial charge is 0.351 e. The lowest BCUT2D eigenvalue weighted by molar-refractivity contribution is -0.122. The van der Waals surface area contributed by atoms with E-state index >= 15 is 0 Å². The molecule has 1 unspecified atom stereocenters. The smallest absolute Gasteiger partial charge is 0.220 e. The summed E-state index contributed by atoms with van der Waals surface area (Å²) in [5.41, 5.74) is 0. The molecule has 0 saturated carbocycles. The van der Waals surface area contributed by atoms with E-state index in [-0.39, 0.29) is 5.91 Å². The summed E-state index contributed by atoms with van der Waals surface area (Å²) < 4.78 is 0.768. The van der Waals surface area contributed by atoms with E-state index in [1.165, 1.54) is 11.3 Å². The fraction of sp³-hybridized carbons (Fsp3) is 0.545. The molecule has 0 aromatic carbocycles. The molecular weight excluding hydrogens is 244 g/mol. The highest BCUT2D eigenvalue weighted by atomic mass is 35.5. The average molecular weight is 259 g/mol. The highest BCUT2D eigenvalue weighted by Gasteiger charge is 2.17. The standard InChI is InChI=1S/C11H15ClN2OS/c12-10-2-1-9(16-10)7-14-11(15)5-8-3-4-13-6-8/h1-2,8,13H,3-7H2,(H,14,15). The first-order valence-corrected chi connectivity index (χ1v) is 6.65. The number of hydrogen-bond donors (Lipinski definition) is 2. The lowest BCUT2D eigenvalue weighted by Gasteiger charge is -2.08. The number of carbonyl (C=O) groups is 1. The van der Waals surface area contributed by atoms with Crippen molar-refractivity contribution in [2.75, 3.05) is 13.1 Å². The van der Waals surface area contributed by atoms with Gasteiger partial charge in [0.2, 0.25) is 5.91 Å². The zero-order chi connectivity index (χ0) is 11.4. The second-order valence-electron chi connectivity index (χ2n) is 4.05. The molecule has 3 nitrogen and oxygen atoms in total. The van der Waals surface area contributed by atoms with Gasteiger partial charge in [-0.2, -0.15) is 0 Å². The summed E-state index contributed by atoms with van der Waals surface area (Å²) >= 11 is 7.32. The van der Waals surface area contributed by atoms with E-state index in [9.17, 15) is 4.79 Å². The van der Waals surface area contributed by atoms with Crippen molar-refractivity contribution in [2.45, 2.75) is 19.4 Å². The van der Waals surface area contributed by atoms with E-state index in [0.29, 0.717) is 18.9 Å². The molecule has 0 bridgehead atoms. The van der Waals surface area contributed by atoms with Crippen molar-refractivity contribution >= 4 is 28.8 Å². The van der Waals surface area contributed by atoms with Gasteiger partial charge in [0.1, 0.15) is 0 Å². The Hall–Kier alpha value is -0.580. The van der Waals surface area contributed by atoms with Crippen LogP contribution in [0.1, 0.15) is 17.7 Å². The summed E-state index contributed by atoms with van der Waals surface area (Å²) in [6.07, 6.45) is 1.74. The molecule has 1 amide bonds. The third-order valence-electron chi connectivity index (χ3n) is 2.73. The number of amides is 1. The van der Waals surface area contributed by atoms with Crippen LogP contribution in [0.25, 0.3) is 0 Å². The van der Waals surface area contributed by atoms with Gasteiger partial charge in [-0.15, -0.1) is 11.3 Å². The van der Waals surface area contributed by atoms with Crippen molar-refractivity contribution in [3.8, 4) is 0 Å². The van der Waals surface area contributed by atoms with Crippen molar-refractivity contribution in [1.82, 2.24) is 10.6 Å². The Balaban J connectivity index is 1.71. The Morgan fingerprint density at radius 3 is 3.12 bits per heavy atom. The van der Waals surface area contributed by atoms with Gasteiger partial charge in [-0.05, 0) is 37.6 Å². The van der Waals surface area contributed by atoms with Crippen LogP contribution in [0, 0.1) is 5.92 Å². The first kappa shape index (κ1) is 11.9. The summed E-state index contributed by atoms with van der Waals surface area (Å²) in [5.74, 6) is 0.644. The topological polar surface area (TPSA) is 41.1 Å². The van der Waals surface area contributed by atoms with Crippen molar-refractivity contribution in [2.24, 2.45) is 5.92 Å². The van der Waals surface area contributed by atoms with Gasteiger partial charge >= 0.3 is 0 Å². The number of hydrogen-bond acceptors (Lipinski definition) is 3. The first-order chi connectivity index (χ1) is 7.74. The summed E-state index contributed by atoms with van der Waals surface area (Å²) in [4.78, 5) is 12.7. The van der Waals surface area contributed by atoms with Gasteiger partial charge in [0.25, 0.3) is 0 Å². The van der Waals surface area contributed by atoms with Gasteiger partial charge in [0.05, 0.1) is 10.9 Å². The van der Waals surface area contributed by atoms with E-state index in [0.717, 1.165) is 28.7 Å². The molecule has 88 valence electrons. The predicted octanol–water partition coefficient (Wildman–Crippen LogP) is 2.02. The quantitative estimate of drug-likeness (QED) is 0.868. The molecule has 0 aliphatic carbocycles. The fourth-order valence-electron chi connectivity index (χ4n) is 1.86. The van der Waals surface area contributed by atoms with Crippen LogP contribution >= 0.6 is 22.9 Å². The minimum Gasteiger partial charge on any atom is -0.351 e. The molecule has 16 heavy (non-hydrogen) atoms. The van der Waals surface area contributed by atoms with E-state index in [1.807, 2.05) is 12.1 Å². The van der Waals surface area contributed by atoms with Crippen LogP contribution in [0.3, 0.4) is 0 Å². The summed E-state index contributed by atoms with van der Waals surface area (Å²) in [7, 11) is 0. The van der Waals surface area contributed by atoms with E-state index in [4.69, 9.17) is 11.6 Å². The minimum atomic E-state index is 0.137. The molecule has 1 aromatic rings. The van der Waals surface area contributed by atoms with Gasteiger partial charge in [0.15, 0.2) is 0 Å². The van der Waals surface area contributed by atoms with Crippen LogP contribution in [-0.2, 0) is 11.3 Å². The molecular formula is C11H15ClN2OS. The summed E-state index contributed by atoms with van der Waals surface area (Å²) in [6, 6.07) is 3.80. The number of carbonyl (C=O) groups excluding carboxylic acids is 1. The zero-order valence-corrected chi connectivity index (χ0v) is 10.5. The van der Waals surface area contributed by atoms with Crippen LogP contribution in [0.5, 0.6) is 0 Å². The Morgan fingerprint density at radius 2 is 2.50 bits per heavy atom. The number of thiophene rings is 1. The van der Waals surface area contributed by atoms with Crippen LogP contribution in [0.15, 0.2) is 12.1 Å². The van der Waals surface area contributed by atoms with Crippen molar-refractivity contribution in [3.63, 3.8) is 0 Å². The van der Waals surface area contributed by atoms with Crippen molar-refractivity contribution in [3.05, 3.63) is 21.3 Å². The predicted molar refractivity (Wildman–Crippen MR) is 66.8 cm³/mol. The Labute approximate surface area is 104 Å². The molecule has 5 heteroatoms. The fourth-order valence-corrected chi connectivity index (χ4v) is 2.88.